The van der Waals surface area contributed by atoms with Crippen LogP contribution in [0, 0.1) is 6.92 Å². The molecule has 0 aliphatic rings. The van der Waals surface area contributed by atoms with Crippen molar-refractivity contribution < 1.29 is 4.79 Å². The van der Waals surface area contributed by atoms with Gasteiger partial charge in [-0.05, 0) is 50.1 Å². The number of carbonyl (C=O) groups excluding carboxylic acids is 1. The number of H-pyrrole nitrogens is 1. The van der Waals surface area contributed by atoms with Crippen LogP contribution in [-0.2, 0) is 0 Å². The Balaban J connectivity index is 1.79. The van der Waals surface area contributed by atoms with Crippen molar-refractivity contribution in [2.24, 2.45) is 0 Å². The quantitative estimate of drug-likeness (QED) is 0.729. The lowest BCUT2D eigenvalue weighted by atomic mass is 10.1. The maximum atomic E-state index is 12.2. The van der Waals surface area contributed by atoms with E-state index >= 15 is 0 Å². The Hall–Kier alpha value is -2.62. The number of hydrogen-bond donors (Lipinski definition) is 2. The summed E-state index contributed by atoms with van der Waals surface area (Å²) in [4.78, 5) is 20.2. The predicted octanol–water partition coefficient (Wildman–Crippen LogP) is 4.46. The summed E-state index contributed by atoms with van der Waals surface area (Å²) in [5, 5.41) is 3.02. The molecule has 2 aromatic carbocycles. The fourth-order valence-corrected chi connectivity index (χ4v) is 2.85. The van der Waals surface area contributed by atoms with E-state index in [9.17, 15) is 4.79 Å². The Morgan fingerprint density at radius 2 is 1.96 bits per heavy atom. The fourth-order valence-electron chi connectivity index (χ4n) is 2.85. The maximum Gasteiger partial charge on any atom is 0.251 e. The molecule has 3 aromatic rings. The van der Waals surface area contributed by atoms with Gasteiger partial charge in [-0.15, -0.1) is 0 Å². The number of hydrogen-bond acceptors (Lipinski definition) is 2. The first-order chi connectivity index (χ1) is 11.6. The molecule has 0 aliphatic heterocycles. The summed E-state index contributed by atoms with van der Waals surface area (Å²) in [5.74, 6) is 0.796. The minimum Gasteiger partial charge on any atom is -0.350 e. The van der Waals surface area contributed by atoms with E-state index in [1.165, 1.54) is 5.56 Å². The number of fused-ring (bicyclic) bond motifs is 1. The third-order valence-electron chi connectivity index (χ3n) is 4.16. The van der Waals surface area contributed by atoms with Crippen LogP contribution in [0.2, 0.25) is 0 Å². The van der Waals surface area contributed by atoms with Crippen LogP contribution >= 0.6 is 0 Å². The molecule has 0 fully saturated rings. The van der Waals surface area contributed by atoms with Crippen molar-refractivity contribution in [3.05, 3.63) is 53.6 Å². The standard InChI is InChI=1S/C20H23N3O/c1-4-5-14(3)21-20(24)16-9-7-15(8-10-16)19-22-17-11-6-13(2)12-18(17)23-19/h6-12,14H,4-5H2,1-3H3,(H,21,24)(H,22,23)/t14-/m0/s1. The number of nitrogens with one attached hydrogen (secondary N) is 2. The number of imidazole rings is 1. The van der Waals surface area contributed by atoms with Crippen LogP contribution in [0.4, 0.5) is 0 Å². The highest BCUT2D eigenvalue weighted by atomic mass is 16.1. The smallest absolute Gasteiger partial charge is 0.251 e. The summed E-state index contributed by atoms with van der Waals surface area (Å²) in [5.41, 5.74) is 4.83. The normalized spacial score (nSPS) is 12.3. The van der Waals surface area contributed by atoms with Crippen molar-refractivity contribution in [1.29, 1.82) is 0 Å². The lowest BCUT2D eigenvalue weighted by Gasteiger charge is -2.12. The van der Waals surface area contributed by atoms with Gasteiger partial charge in [0.05, 0.1) is 11.0 Å². The highest BCUT2D eigenvalue weighted by molar-refractivity contribution is 5.94. The molecule has 0 unspecified atom stereocenters. The number of aromatic nitrogens is 2. The molecule has 2 N–H and O–H groups in total. The van der Waals surface area contributed by atoms with Crippen LogP contribution < -0.4 is 5.32 Å². The van der Waals surface area contributed by atoms with Crippen LogP contribution in [0.25, 0.3) is 22.4 Å². The largest absolute Gasteiger partial charge is 0.350 e. The van der Waals surface area contributed by atoms with Gasteiger partial charge in [-0.1, -0.05) is 31.5 Å². The molecule has 1 aromatic heterocycles. The summed E-state index contributed by atoms with van der Waals surface area (Å²) in [7, 11) is 0. The average molecular weight is 321 g/mol. The number of rotatable bonds is 5. The van der Waals surface area contributed by atoms with Gasteiger partial charge in [-0.25, -0.2) is 4.98 Å². The number of carbonyl (C=O) groups is 1. The molecule has 0 bridgehead atoms. The molecule has 0 saturated heterocycles. The summed E-state index contributed by atoms with van der Waals surface area (Å²) in [6.07, 6.45) is 2.05. The van der Waals surface area contributed by atoms with E-state index in [4.69, 9.17) is 0 Å². The van der Waals surface area contributed by atoms with Gasteiger partial charge in [0.25, 0.3) is 5.91 Å². The van der Waals surface area contributed by atoms with Gasteiger partial charge in [0.2, 0.25) is 0 Å². The van der Waals surface area contributed by atoms with Crippen molar-refractivity contribution in [2.45, 2.75) is 39.7 Å². The van der Waals surface area contributed by atoms with Crippen LogP contribution in [0.15, 0.2) is 42.5 Å². The first-order valence-corrected chi connectivity index (χ1v) is 8.44. The molecule has 3 rings (SSSR count). The van der Waals surface area contributed by atoms with Crippen LogP contribution in [0.5, 0.6) is 0 Å². The van der Waals surface area contributed by atoms with Crippen molar-refractivity contribution in [3.63, 3.8) is 0 Å². The molecular weight excluding hydrogens is 298 g/mol. The number of nitrogens with zero attached hydrogens (tertiary/aromatic N) is 1. The molecule has 1 atom stereocenters. The Labute approximate surface area is 142 Å². The van der Waals surface area contributed by atoms with Crippen molar-refractivity contribution in [2.75, 3.05) is 0 Å². The van der Waals surface area contributed by atoms with Gasteiger partial charge in [0, 0.05) is 17.2 Å². The summed E-state index contributed by atoms with van der Waals surface area (Å²) < 4.78 is 0. The Morgan fingerprint density at radius 3 is 2.67 bits per heavy atom. The molecule has 0 radical (unpaired) electrons. The molecule has 1 amide bonds. The predicted molar refractivity (Wildman–Crippen MR) is 98.1 cm³/mol. The second-order valence-electron chi connectivity index (χ2n) is 6.35. The van der Waals surface area contributed by atoms with Gasteiger partial charge in [-0.3, -0.25) is 4.79 Å². The van der Waals surface area contributed by atoms with Gasteiger partial charge in [-0.2, -0.15) is 0 Å². The summed E-state index contributed by atoms with van der Waals surface area (Å²) in [6.45, 7) is 6.21. The molecule has 0 aliphatic carbocycles. The third-order valence-corrected chi connectivity index (χ3v) is 4.16. The number of aryl methyl sites for hydroxylation is 1. The molecule has 24 heavy (non-hydrogen) atoms. The Kier molecular flexibility index (Phi) is 4.65. The van der Waals surface area contributed by atoms with Crippen LogP contribution in [-0.4, -0.2) is 21.9 Å². The number of aromatic amines is 1. The first-order valence-electron chi connectivity index (χ1n) is 8.44. The lowest BCUT2D eigenvalue weighted by molar-refractivity contribution is 0.0938. The van der Waals surface area contributed by atoms with Gasteiger partial charge >= 0.3 is 0 Å². The highest BCUT2D eigenvalue weighted by Gasteiger charge is 2.10. The second kappa shape index (κ2) is 6.87. The van der Waals surface area contributed by atoms with Crippen LogP contribution in [0.1, 0.15) is 42.6 Å². The average Bonchev–Trinajstić information content (AvgIpc) is 2.98. The Morgan fingerprint density at radius 1 is 1.21 bits per heavy atom. The van der Waals surface area contributed by atoms with Crippen LogP contribution in [0.3, 0.4) is 0 Å². The van der Waals surface area contributed by atoms with E-state index in [2.05, 4.69) is 41.3 Å². The summed E-state index contributed by atoms with van der Waals surface area (Å²) in [6, 6.07) is 13.9. The molecule has 0 spiro atoms. The van der Waals surface area contributed by atoms with Crippen molar-refractivity contribution in [3.8, 4) is 11.4 Å². The van der Waals surface area contributed by atoms with Gasteiger partial charge in [0.15, 0.2) is 0 Å². The molecule has 124 valence electrons. The second-order valence-corrected chi connectivity index (χ2v) is 6.35. The molecule has 4 heteroatoms. The minimum atomic E-state index is -0.0252. The molecule has 1 heterocycles. The zero-order chi connectivity index (χ0) is 17.1. The zero-order valence-corrected chi connectivity index (χ0v) is 14.4. The maximum absolute atomic E-state index is 12.2. The van der Waals surface area contributed by atoms with E-state index < -0.39 is 0 Å². The summed E-state index contributed by atoms with van der Waals surface area (Å²) >= 11 is 0. The highest BCUT2D eigenvalue weighted by Crippen LogP contribution is 2.21. The van der Waals surface area contributed by atoms with Crippen molar-refractivity contribution in [1.82, 2.24) is 15.3 Å². The Bertz CT molecular complexity index is 849. The number of benzene rings is 2. The minimum absolute atomic E-state index is 0.0252. The van der Waals surface area contributed by atoms with E-state index in [1.807, 2.05) is 37.3 Å². The molecule has 4 nitrogen and oxygen atoms in total. The SMILES string of the molecule is CCC[C@H](C)NC(=O)c1ccc(-c2nc3ccc(C)cc3[nH]2)cc1. The zero-order valence-electron chi connectivity index (χ0n) is 14.4. The monoisotopic (exact) mass is 321 g/mol. The van der Waals surface area contributed by atoms with Gasteiger partial charge < -0.3 is 10.3 Å². The van der Waals surface area contributed by atoms with E-state index in [-0.39, 0.29) is 11.9 Å². The van der Waals surface area contributed by atoms with E-state index in [1.54, 1.807) is 0 Å². The number of amides is 1. The van der Waals surface area contributed by atoms with Crippen molar-refractivity contribution >= 4 is 16.9 Å². The third kappa shape index (κ3) is 3.48. The van der Waals surface area contributed by atoms with Gasteiger partial charge in [0.1, 0.15) is 5.82 Å². The fraction of sp³-hybridized carbons (Fsp3) is 0.300. The van der Waals surface area contributed by atoms with E-state index in [0.29, 0.717) is 5.56 Å². The molecule has 0 saturated carbocycles. The van der Waals surface area contributed by atoms with E-state index in [0.717, 1.165) is 35.3 Å². The molecular formula is C20H23N3O. The lowest BCUT2D eigenvalue weighted by Crippen LogP contribution is -2.32. The topological polar surface area (TPSA) is 57.8 Å². The first kappa shape index (κ1) is 16.2.